The van der Waals surface area contributed by atoms with Crippen molar-refractivity contribution in [3.8, 4) is 16.3 Å². The van der Waals surface area contributed by atoms with Gasteiger partial charge in [-0.1, -0.05) is 23.7 Å². The summed E-state index contributed by atoms with van der Waals surface area (Å²) in [4.78, 5) is 29.5. The summed E-state index contributed by atoms with van der Waals surface area (Å²) in [6.45, 7) is 0. The molecule has 0 saturated carbocycles. The number of anilines is 1. The van der Waals surface area contributed by atoms with Gasteiger partial charge in [-0.2, -0.15) is 0 Å². The highest BCUT2D eigenvalue weighted by atomic mass is 35.5. The molecule has 3 rings (SSSR count). The van der Waals surface area contributed by atoms with Crippen LogP contribution in [0.5, 0.6) is 5.75 Å². The van der Waals surface area contributed by atoms with Gasteiger partial charge in [-0.15, -0.1) is 11.3 Å². The van der Waals surface area contributed by atoms with E-state index >= 15 is 0 Å². The minimum atomic E-state index is -0.496. The molecule has 0 saturated heterocycles. The minimum absolute atomic E-state index is 0.196. The van der Waals surface area contributed by atoms with Gasteiger partial charge in [0.15, 0.2) is 0 Å². The van der Waals surface area contributed by atoms with Crippen LogP contribution in [0.15, 0.2) is 48.7 Å². The molecule has 29 heavy (non-hydrogen) atoms. The molecule has 0 aliphatic carbocycles. The van der Waals surface area contributed by atoms with Crippen LogP contribution in [-0.4, -0.2) is 31.1 Å². The maximum atomic E-state index is 12.3. The van der Waals surface area contributed by atoms with Crippen molar-refractivity contribution in [3.63, 3.8) is 0 Å². The van der Waals surface area contributed by atoms with Crippen LogP contribution in [0.3, 0.4) is 0 Å². The molecule has 0 atom stereocenters. The predicted octanol–water partition coefficient (Wildman–Crippen LogP) is 4.83. The number of amides is 1. The third kappa shape index (κ3) is 5.13. The third-order valence-electron chi connectivity index (χ3n) is 4.17. The van der Waals surface area contributed by atoms with E-state index in [2.05, 4.69) is 10.3 Å². The number of nitrogens with zero attached hydrogens (tertiary/aromatic N) is 1. The SMILES string of the molecule is COC(=O)c1ccccc1NC(=O)CCc1cnc(-c2ccc(OC)cc2Cl)s1. The van der Waals surface area contributed by atoms with Gasteiger partial charge < -0.3 is 14.8 Å². The average Bonchev–Trinajstić information content (AvgIpc) is 3.20. The van der Waals surface area contributed by atoms with Gasteiger partial charge in [-0.25, -0.2) is 9.78 Å². The first kappa shape index (κ1) is 20.8. The predicted molar refractivity (Wildman–Crippen MR) is 114 cm³/mol. The Morgan fingerprint density at radius 2 is 1.97 bits per heavy atom. The number of benzene rings is 2. The Morgan fingerprint density at radius 3 is 2.69 bits per heavy atom. The number of nitrogens with one attached hydrogen (secondary N) is 1. The lowest BCUT2D eigenvalue weighted by atomic mass is 10.1. The molecule has 0 bridgehead atoms. The molecule has 0 unspecified atom stereocenters. The lowest BCUT2D eigenvalue weighted by Gasteiger charge is -2.09. The van der Waals surface area contributed by atoms with Crippen LogP contribution >= 0.6 is 22.9 Å². The van der Waals surface area contributed by atoms with E-state index in [1.807, 2.05) is 12.1 Å². The zero-order chi connectivity index (χ0) is 20.8. The molecule has 6 nitrogen and oxygen atoms in total. The largest absolute Gasteiger partial charge is 0.497 e. The standard InChI is InChI=1S/C21H19ClN2O4S/c1-27-13-7-9-15(17(22)11-13)20-23-12-14(29-20)8-10-19(25)24-18-6-4-3-5-16(18)21(26)28-2/h3-7,9,11-12H,8,10H2,1-2H3,(H,24,25). The number of para-hydroxylation sites is 1. The Balaban J connectivity index is 1.63. The highest BCUT2D eigenvalue weighted by Crippen LogP contribution is 2.34. The van der Waals surface area contributed by atoms with Crippen molar-refractivity contribution in [1.29, 1.82) is 0 Å². The quantitative estimate of drug-likeness (QED) is 0.543. The Morgan fingerprint density at radius 1 is 1.17 bits per heavy atom. The monoisotopic (exact) mass is 430 g/mol. The number of carbonyl (C=O) groups excluding carboxylic acids is 2. The van der Waals surface area contributed by atoms with Gasteiger partial charge >= 0.3 is 5.97 Å². The van der Waals surface area contributed by atoms with Crippen LogP contribution in [0.1, 0.15) is 21.7 Å². The van der Waals surface area contributed by atoms with Gasteiger partial charge in [0.05, 0.1) is 30.5 Å². The van der Waals surface area contributed by atoms with Crippen molar-refractivity contribution in [1.82, 2.24) is 4.98 Å². The molecule has 0 fully saturated rings. The minimum Gasteiger partial charge on any atom is -0.497 e. The van der Waals surface area contributed by atoms with E-state index in [-0.39, 0.29) is 12.3 Å². The summed E-state index contributed by atoms with van der Waals surface area (Å²) in [5.74, 6) is -0.0115. The molecular weight excluding hydrogens is 412 g/mol. The molecule has 1 heterocycles. The first-order chi connectivity index (χ1) is 14.0. The topological polar surface area (TPSA) is 77.5 Å². The molecule has 1 N–H and O–H groups in total. The van der Waals surface area contributed by atoms with E-state index in [1.54, 1.807) is 43.6 Å². The van der Waals surface area contributed by atoms with Crippen LogP contribution in [0.4, 0.5) is 5.69 Å². The molecule has 1 aromatic heterocycles. The number of hydrogen-bond donors (Lipinski definition) is 1. The van der Waals surface area contributed by atoms with Crippen molar-refractivity contribution in [2.75, 3.05) is 19.5 Å². The fourth-order valence-corrected chi connectivity index (χ4v) is 3.94. The molecule has 0 aliphatic heterocycles. The first-order valence-electron chi connectivity index (χ1n) is 8.77. The second-order valence-electron chi connectivity index (χ2n) is 6.06. The van der Waals surface area contributed by atoms with Crippen molar-refractivity contribution in [3.05, 3.63) is 64.1 Å². The van der Waals surface area contributed by atoms with Crippen molar-refractivity contribution >= 4 is 40.5 Å². The second-order valence-corrected chi connectivity index (χ2v) is 7.59. The summed E-state index contributed by atoms with van der Waals surface area (Å²) in [5.41, 5.74) is 1.57. The van der Waals surface area contributed by atoms with Crippen LogP contribution < -0.4 is 10.1 Å². The molecule has 150 valence electrons. The average molecular weight is 431 g/mol. The number of thiazole rings is 1. The number of ether oxygens (including phenoxy) is 2. The highest BCUT2D eigenvalue weighted by Gasteiger charge is 2.14. The maximum Gasteiger partial charge on any atom is 0.339 e. The maximum absolute atomic E-state index is 12.3. The molecule has 3 aromatic rings. The van der Waals surface area contributed by atoms with Crippen LogP contribution in [0, 0.1) is 0 Å². The highest BCUT2D eigenvalue weighted by molar-refractivity contribution is 7.15. The summed E-state index contributed by atoms with van der Waals surface area (Å²) in [7, 11) is 2.89. The Hall–Kier alpha value is -2.90. The number of halogens is 1. The fraction of sp³-hybridized carbons (Fsp3) is 0.190. The summed E-state index contributed by atoms with van der Waals surface area (Å²) < 4.78 is 9.90. The third-order valence-corrected chi connectivity index (χ3v) is 5.57. The lowest BCUT2D eigenvalue weighted by molar-refractivity contribution is -0.116. The summed E-state index contributed by atoms with van der Waals surface area (Å²) in [6, 6.07) is 12.2. The van der Waals surface area contributed by atoms with Crippen molar-refractivity contribution in [2.45, 2.75) is 12.8 Å². The van der Waals surface area contributed by atoms with E-state index in [0.29, 0.717) is 28.4 Å². The van der Waals surface area contributed by atoms with Crippen molar-refractivity contribution < 1.29 is 19.1 Å². The Labute approximate surface area is 177 Å². The summed E-state index contributed by atoms with van der Waals surface area (Å²) in [5, 5.41) is 4.11. The zero-order valence-corrected chi connectivity index (χ0v) is 17.5. The molecular formula is C21H19ClN2O4S. The lowest BCUT2D eigenvalue weighted by Crippen LogP contribution is -2.15. The molecule has 2 aromatic carbocycles. The summed E-state index contributed by atoms with van der Waals surface area (Å²) >= 11 is 7.79. The number of methoxy groups -OCH3 is 2. The van der Waals surface area contributed by atoms with Gasteiger partial charge in [0.2, 0.25) is 5.91 Å². The second kappa shape index (κ2) is 9.54. The number of rotatable bonds is 7. The van der Waals surface area contributed by atoms with E-state index in [4.69, 9.17) is 21.1 Å². The molecule has 0 aliphatic rings. The van der Waals surface area contributed by atoms with E-state index in [1.165, 1.54) is 18.4 Å². The normalized spacial score (nSPS) is 10.4. The number of hydrogen-bond acceptors (Lipinski definition) is 6. The number of carbonyl (C=O) groups is 2. The van der Waals surface area contributed by atoms with Crippen LogP contribution in [0.25, 0.3) is 10.6 Å². The van der Waals surface area contributed by atoms with Crippen LogP contribution in [-0.2, 0) is 16.0 Å². The van der Waals surface area contributed by atoms with Gasteiger partial charge in [0.1, 0.15) is 10.8 Å². The van der Waals surface area contributed by atoms with Crippen LogP contribution in [0.2, 0.25) is 5.02 Å². The van der Waals surface area contributed by atoms with Gasteiger partial charge in [0.25, 0.3) is 0 Å². The van der Waals surface area contributed by atoms with Gasteiger partial charge in [-0.3, -0.25) is 4.79 Å². The number of aryl methyl sites for hydroxylation is 1. The van der Waals surface area contributed by atoms with Gasteiger partial charge in [0, 0.05) is 23.1 Å². The first-order valence-corrected chi connectivity index (χ1v) is 9.97. The van der Waals surface area contributed by atoms with Gasteiger partial charge in [-0.05, 0) is 36.8 Å². The fourth-order valence-electron chi connectivity index (χ4n) is 2.67. The molecule has 0 spiro atoms. The van der Waals surface area contributed by atoms with Crippen molar-refractivity contribution in [2.24, 2.45) is 0 Å². The zero-order valence-electron chi connectivity index (χ0n) is 15.9. The van der Waals surface area contributed by atoms with E-state index in [9.17, 15) is 9.59 Å². The summed E-state index contributed by atoms with van der Waals surface area (Å²) in [6.07, 6.45) is 2.53. The number of aromatic nitrogens is 1. The Bertz CT molecular complexity index is 1040. The smallest absolute Gasteiger partial charge is 0.339 e. The molecule has 8 heteroatoms. The van der Waals surface area contributed by atoms with E-state index < -0.39 is 5.97 Å². The Kier molecular flexibility index (Phi) is 6.85. The molecule has 0 radical (unpaired) electrons. The van der Waals surface area contributed by atoms with E-state index in [0.717, 1.165) is 15.4 Å². The molecule has 1 amide bonds. The number of esters is 1.